The van der Waals surface area contributed by atoms with Crippen molar-refractivity contribution >= 4 is 5.91 Å². The van der Waals surface area contributed by atoms with Gasteiger partial charge in [-0.2, -0.15) is 0 Å². The first-order valence-corrected chi connectivity index (χ1v) is 5.55. The predicted octanol–water partition coefficient (Wildman–Crippen LogP) is 0.494. The van der Waals surface area contributed by atoms with Gasteiger partial charge in [0.25, 0.3) is 11.5 Å². The molecule has 0 bridgehead atoms. The van der Waals surface area contributed by atoms with Crippen molar-refractivity contribution in [3.63, 3.8) is 0 Å². The van der Waals surface area contributed by atoms with E-state index in [1.165, 1.54) is 10.6 Å². The lowest BCUT2D eigenvalue weighted by atomic mass is 10.2. The first kappa shape index (κ1) is 13.4. The lowest BCUT2D eigenvalue weighted by molar-refractivity contribution is 0.0706. The first-order chi connectivity index (χ1) is 8.10. The minimum atomic E-state index is -0.182. The number of aryl methyl sites for hydroxylation is 1. The summed E-state index contributed by atoms with van der Waals surface area (Å²) in [6.07, 6.45) is 1.60. The molecule has 0 aromatic carbocycles. The van der Waals surface area contributed by atoms with Gasteiger partial charge in [-0.25, -0.2) is 0 Å². The van der Waals surface area contributed by atoms with Crippen LogP contribution in [0.5, 0.6) is 0 Å². The van der Waals surface area contributed by atoms with Gasteiger partial charge in [-0.15, -0.1) is 0 Å². The summed E-state index contributed by atoms with van der Waals surface area (Å²) < 4.78 is 6.38. The van der Waals surface area contributed by atoms with Gasteiger partial charge in [0.15, 0.2) is 0 Å². The molecule has 1 rings (SSSR count). The van der Waals surface area contributed by atoms with Crippen molar-refractivity contribution in [2.24, 2.45) is 7.05 Å². The zero-order chi connectivity index (χ0) is 12.8. The first-order valence-electron chi connectivity index (χ1n) is 5.55. The number of hydrogen-bond donors (Lipinski definition) is 0. The number of aromatic nitrogens is 1. The van der Waals surface area contributed by atoms with Gasteiger partial charge in [0, 0.05) is 45.1 Å². The molecule has 0 spiro atoms. The average Bonchev–Trinajstić information content (AvgIpc) is 2.33. The minimum Gasteiger partial charge on any atom is -0.383 e. The van der Waals surface area contributed by atoms with Crippen LogP contribution in [0, 0.1) is 0 Å². The van der Waals surface area contributed by atoms with Crippen molar-refractivity contribution in [3.8, 4) is 0 Å². The van der Waals surface area contributed by atoms with Crippen molar-refractivity contribution in [1.29, 1.82) is 0 Å². The summed E-state index contributed by atoms with van der Waals surface area (Å²) in [6.45, 7) is 3.51. The molecule has 0 saturated heterocycles. The maximum absolute atomic E-state index is 12.1. The number of rotatable bonds is 5. The standard InChI is InChI=1S/C12H18N2O3/c1-4-14(7-8-17-3)12(16)10-5-6-13(2)11(15)9-10/h5-6,9H,4,7-8H2,1-3H3. The van der Waals surface area contributed by atoms with Crippen molar-refractivity contribution in [2.75, 3.05) is 26.8 Å². The molecule has 0 saturated carbocycles. The lowest BCUT2D eigenvalue weighted by Gasteiger charge is -2.20. The molecule has 0 atom stereocenters. The number of amides is 1. The Labute approximate surface area is 101 Å². The van der Waals surface area contributed by atoms with Gasteiger partial charge in [0.05, 0.1) is 6.61 Å². The Morgan fingerprint density at radius 3 is 2.76 bits per heavy atom. The van der Waals surface area contributed by atoms with Crippen molar-refractivity contribution < 1.29 is 9.53 Å². The van der Waals surface area contributed by atoms with Gasteiger partial charge in [-0.3, -0.25) is 9.59 Å². The maximum Gasteiger partial charge on any atom is 0.254 e. The van der Waals surface area contributed by atoms with Crippen LogP contribution in [0.2, 0.25) is 0 Å². The van der Waals surface area contributed by atoms with Crippen LogP contribution in [0.15, 0.2) is 23.1 Å². The zero-order valence-corrected chi connectivity index (χ0v) is 10.5. The van der Waals surface area contributed by atoms with Crippen molar-refractivity contribution in [1.82, 2.24) is 9.47 Å². The van der Waals surface area contributed by atoms with Gasteiger partial charge >= 0.3 is 0 Å². The van der Waals surface area contributed by atoms with Crippen LogP contribution in [0.25, 0.3) is 0 Å². The quantitative estimate of drug-likeness (QED) is 0.750. The number of likely N-dealkylation sites (N-methyl/N-ethyl adjacent to an activating group) is 1. The van der Waals surface area contributed by atoms with Gasteiger partial charge < -0.3 is 14.2 Å². The fraction of sp³-hybridized carbons (Fsp3) is 0.500. The number of pyridine rings is 1. The number of carbonyl (C=O) groups excluding carboxylic acids is 1. The van der Waals surface area contributed by atoms with Crippen LogP contribution >= 0.6 is 0 Å². The molecule has 0 N–H and O–H groups in total. The van der Waals surface area contributed by atoms with E-state index in [9.17, 15) is 9.59 Å². The molecule has 5 nitrogen and oxygen atoms in total. The molecule has 1 heterocycles. The molecule has 17 heavy (non-hydrogen) atoms. The normalized spacial score (nSPS) is 10.3. The predicted molar refractivity (Wildman–Crippen MR) is 65.1 cm³/mol. The Morgan fingerprint density at radius 1 is 1.53 bits per heavy atom. The molecule has 0 unspecified atom stereocenters. The number of methoxy groups -OCH3 is 1. The van der Waals surface area contributed by atoms with E-state index in [1.807, 2.05) is 6.92 Å². The number of carbonyl (C=O) groups is 1. The van der Waals surface area contributed by atoms with E-state index < -0.39 is 0 Å². The Hall–Kier alpha value is -1.62. The number of nitrogens with zero attached hydrogens (tertiary/aromatic N) is 2. The van der Waals surface area contributed by atoms with E-state index in [0.717, 1.165) is 0 Å². The summed E-state index contributed by atoms with van der Waals surface area (Å²) >= 11 is 0. The van der Waals surface area contributed by atoms with Crippen molar-refractivity contribution in [3.05, 3.63) is 34.2 Å². The summed E-state index contributed by atoms with van der Waals surface area (Å²) in [6, 6.07) is 3.01. The van der Waals surface area contributed by atoms with E-state index >= 15 is 0 Å². The third-order valence-corrected chi connectivity index (χ3v) is 2.59. The maximum atomic E-state index is 12.1. The Kier molecular flexibility index (Phi) is 4.90. The summed E-state index contributed by atoms with van der Waals surface area (Å²) in [7, 11) is 3.25. The highest BCUT2D eigenvalue weighted by Gasteiger charge is 2.14. The van der Waals surface area contributed by atoms with E-state index in [-0.39, 0.29) is 11.5 Å². The molecule has 1 aromatic heterocycles. The van der Waals surface area contributed by atoms with Gasteiger partial charge in [0.1, 0.15) is 0 Å². The number of ether oxygens (including phenoxy) is 1. The van der Waals surface area contributed by atoms with Gasteiger partial charge in [-0.1, -0.05) is 0 Å². The second-order valence-corrected chi connectivity index (χ2v) is 3.74. The Bertz CT molecular complexity index is 440. The van der Waals surface area contributed by atoms with Crippen LogP contribution < -0.4 is 5.56 Å². The Morgan fingerprint density at radius 2 is 2.24 bits per heavy atom. The second-order valence-electron chi connectivity index (χ2n) is 3.74. The highest BCUT2D eigenvalue weighted by Crippen LogP contribution is 2.02. The molecular formula is C12H18N2O3. The molecule has 0 aliphatic carbocycles. The van der Waals surface area contributed by atoms with E-state index in [0.29, 0.717) is 25.3 Å². The van der Waals surface area contributed by atoms with Crippen LogP contribution in [0.4, 0.5) is 0 Å². The molecule has 0 fully saturated rings. The minimum absolute atomic E-state index is 0.137. The van der Waals surface area contributed by atoms with Crippen LogP contribution in [0.3, 0.4) is 0 Å². The van der Waals surface area contributed by atoms with Crippen LogP contribution in [0.1, 0.15) is 17.3 Å². The molecule has 0 aliphatic rings. The molecule has 1 aromatic rings. The lowest BCUT2D eigenvalue weighted by Crippen LogP contribution is -2.34. The molecule has 0 aliphatic heterocycles. The number of hydrogen-bond acceptors (Lipinski definition) is 3. The van der Waals surface area contributed by atoms with E-state index in [4.69, 9.17) is 4.74 Å². The van der Waals surface area contributed by atoms with Crippen LogP contribution in [-0.4, -0.2) is 42.2 Å². The van der Waals surface area contributed by atoms with Crippen molar-refractivity contribution in [2.45, 2.75) is 6.92 Å². The smallest absolute Gasteiger partial charge is 0.254 e. The third-order valence-electron chi connectivity index (χ3n) is 2.59. The summed E-state index contributed by atoms with van der Waals surface area (Å²) in [5, 5.41) is 0. The van der Waals surface area contributed by atoms with E-state index in [1.54, 1.807) is 31.3 Å². The van der Waals surface area contributed by atoms with Crippen LogP contribution in [-0.2, 0) is 11.8 Å². The molecule has 1 amide bonds. The largest absolute Gasteiger partial charge is 0.383 e. The topological polar surface area (TPSA) is 51.5 Å². The second kappa shape index (κ2) is 6.20. The summed E-state index contributed by atoms with van der Waals surface area (Å²) in [5.41, 5.74) is 0.240. The summed E-state index contributed by atoms with van der Waals surface area (Å²) in [5.74, 6) is -0.137. The SMILES string of the molecule is CCN(CCOC)C(=O)c1ccn(C)c(=O)c1. The molecule has 0 radical (unpaired) electrons. The highest BCUT2D eigenvalue weighted by molar-refractivity contribution is 5.94. The monoisotopic (exact) mass is 238 g/mol. The van der Waals surface area contributed by atoms with Gasteiger partial charge in [0.2, 0.25) is 0 Å². The average molecular weight is 238 g/mol. The van der Waals surface area contributed by atoms with E-state index in [2.05, 4.69) is 0 Å². The molecule has 94 valence electrons. The Balaban J connectivity index is 2.86. The van der Waals surface area contributed by atoms with Gasteiger partial charge in [-0.05, 0) is 13.0 Å². The fourth-order valence-electron chi connectivity index (χ4n) is 1.47. The zero-order valence-electron chi connectivity index (χ0n) is 10.5. The molecular weight excluding hydrogens is 220 g/mol. The highest BCUT2D eigenvalue weighted by atomic mass is 16.5. The summed E-state index contributed by atoms with van der Waals surface area (Å²) in [4.78, 5) is 25.2. The third kappa shape index (κ3) is 3.42. The molecule has 5 heteroatoms. The fourth-order valence-corrected chi connectivity index (χ4v) is 1.47.